The molecule has 122 valence electrons. The highest BCUT2D eigenvalue weighted by Crippen LogP contribution is 2.15. The summed E-state index contributed by atoms with van der Waals surface area (Å²) in [6, 6.07) is 11.1. The van der Waals surface area contributed by atoms with E-state index in [0.29, 0.717) is 19.6 Å². The first-order chi connectivity index (χ1) is 11.1. The van der Waals surface area contributed by atoms with Crippen molar-refractivity contribution < 1.29 is 23.8 Å². The molecule has 23 heavy (non-hydrogen) atoms. The minimum absolute atomic E-state index is 0.00454. The number of furan rings is 1. The molecule has 0 fully saturated rings. The largest absolute Gasteiger partial charge is 0.478 e. The van der Waals surface area contributed by atoms with Gasteiger partial charge in [0, 0.05) is 19.2 Å². The Labute approximate surface area is 134 Å². The lowest BCUT2D eigenvalue weighted by Gasteiger charge is -2.13. The molecule has 0 aliphatic carbocycles. The fraction of sp³-hybridized carbons (Fsp3) is 0.294. The van der Waals surface area contributed by atoms with E-state index >= 15 is 0 Å². The molecule has 0 bridgehead atoms. The van der Waals surface area contributed by atoms with Gasteiger partial charge in [0.25, 0.3) is 5.91 Å². The Morgan fingerprint density at radius 1 is 1.30 bits per heavy atom. The zero-order valence-corrected chi connectivity index (χ0v) is 12.8. The monoisotopic (exact) mass is 317 g/mol. The third kappa shape index (κ3) is 4.96. The van der Waals surface area contributed by atoms with E-state index in [0.717, 1.165) is 11.8 Å². The zero-order chi connectivity index (χ0) is 16.7. The van der Waals surface area contributed by atoms with Crippen LogP contribution < -0.4 is 5.32 Å². The summed E-state index contributed by atoms with van der Waals surface area (Å²) in [5.41, 5.74) is 1.06. The van der Waals surface area contributed by atoms with Gasteiger partial charge in [-0.3, -0.25) is 4.79 Å². The van der Waals surface area contributed by atoms with E-state index in [-0.39, 0.29) is 17.4 Å². The molecule has 0 saturated heterocycles. The van der Waals surface area contributed by atoms with E-state index in [1.54, 1.807) is 0 Å². The Morgan fingerprint density at radius 2 is 2.04 bits per heavy atom. The van der Waals surface area contributed by atoms with Crippen molar-refractivity contribution in [3.63, 3.8) is 0 Å². The summed E-state index contributed by atoms with van der Waals surface area (Å²) in [7, 11) is 0. The number of hydrogen-bond acceptors (Lipinski definition) is 4. The summed E-state index contributed by atoms with van der Waals surface area (Å²) >= 11 is 0. The standard InChI is InChI=1S/C17H19NO5/c1-12(13-6-3-2-4-7-13)22-9-5-8-18-16(19)15-10-14(11-23-15)17(20)21/h2-4,6-7,10-12H,5,8-9H2,1H3,(H,18,19)(H,20,21). The molecular formula is C17H19NO5. The van der Waals surface area contributed by atoms with E-state index in [4.69, 9.17) is 14.3 Å². The van der Waals surface area contributed by atoms with Crippen molar-refractivity contribution in [3.8, 4) is 0 Å². The van der Waals surface area contributed by atoms with Gasteiger partial charge in [0.05, 0.1) is 11.7 Å². The number of carboxylic acid groups (broad SMARTS) is 1. The summed E-state index contributed by atoms with van der Waals surface area (Å²) in [5, 5.41) is 11.4. The first kappa shape index (κ1) is 16.8. The van der Waals surface area contributed by atoms with Crippen LogP contribution in [-0.4, -0.2) is 30.1 Å². The van der Waals surface area contributed by atoms with Crippen LogP contribution in [0.3, 0.4) is 0 Å². The second-order valence-corrected chi connectivity index (χ2v) is 5.04. The van der Waals surface area contributed by atoms with Gasteiger partial charge in [0.15, 0.2) is 5.76 Å². The number of hydrogen-bond donors (Lipinski definition) is 2. The Hall–Kier alpha value is -2.60. The van der Waals surface area contributed by atoms with Gasteiger partial charge in [0.2, 0.25) is 0 Å². The summed E-state index contributed by atoms with van der Waals surface area (Å²) in [6.07, 6.45) is 1.69. The normalized spacial score (nSPS) is 11.9. The van der Waals surface area contributed by atoms with Gasteiger partial charge in [-0.15, -0.1) is 0 Å². The predicted molar refractivity (Wildman–Crippen MR) is 83.4 cm³/mol. The average Bonchev–Trinajstić information content (AvgIpc) is 3.05. The average molecular weight is 317 g/mol. The van der Waals surface area contributed by atoms with Gasteiger partial charge in [0.1, 0.15) is 6.26 Å². The maximum absolute atomic E-state index is 11.8. The molecule has 1 amide bonds. The van der Waals surface area contributed by atoms with Crippen LogP contribution in [0.4, 0.5) is 0 Å². The van der Waals surface area contributed by atoms with Crippen LogP contribution in [-0.2, 0) is 4.74 Å². The minimum Gasteiger partial charge on any atom is -0.478 e. The lowest BCUT2D eigenvalue weighted by Crippen LogP contribution is -2.25. The van der Waals surface area contributed by atoms with Crippen LogP contribution in [0.1, 0.15) is 45.9 Å². The molecule has 0 aliphatic rings. The lowest BCUT2D eigenvalue weighted by molar-refractivity contribution is 0.0633. The minimum atomic E-state index is -1.13. The smallest absolute Gasteiger partial charge is 0.338 e. The van der Waals surface area contributed by atoms with Crippen LogP contribution in [0.5, 0.6) is 0 Å². The Bertz CT molecular complexity index is 650. The van der Waals surface area contributed by atoms with Crippen LogP contribution in [0.2, 0.25) is 0 Å². The summed E-state index contributed by atoms with van der Waals surface area (Å²) in [4.78, 5) is 22.5. The molecule has 2 rings (SSSR count). The number of ether oxygens (including phenoxy) is 1. The molecule has 6 heteroatoms. The zero-order valence-electron chi connectivity index (χ0n) is 12.8. The molecule has 6 nitrogen and oxygen atoms in total. The molecule has 1 aromatic carbocycles. The second kappa shape index (κ2) is 8.14. The number of benzene rings is 1. The summed E-state index contributed by atoms with van der Waals surface area (Å²) in [6.45, 7) is 2.91. The molecule has 2 aromatic rings. The maximum atomic E-state index is 11.8. The quantitative estimate of drug-likeness (QED) is 0.731. The molecule has 0 radical (unpaired) electrons. The predicted octanol–water partition coefficient (Wildman–Crippen LogP) is 2.88. The first-order valence-electron chi connectivity index (χ1n) is 7.34. The van der Waals surface area contributed by atoms with Crippen molar-refractivity contribution in [2.45, 2.75) is 19.4 Å². The topological polar surface area (TPSA) is 88.8 Å². The highest BCUT2D eigenvalue weighted by Gasteiger charge is 2.14. The summed E-state index contributed by atoms with van der Waals surface area (Å²) in [5.74, 6) is -1.58. The van der Waals surface area contributed by atoms with Crippen molar-refractivity contribution >= 4 is 11.9 Å². The van der Waals surface area contributed by atoms with Crippen LogP contribution >= 0.6 is 0 Å². The number of carbonyl (C=O) groups is 2. The van der Waals surface area contributed by atoms with Crippen molar-refractivity contribution in [2.24, 2.45) is 0 Å². The maximum Gasteiger partial charge on any atom is 0.338 e. The third-order valence-corrected chi connectivity index (χ3v) is 3.31. The molecule has 0 aliphatic heterocycles. The van der Waals surface area contributed by atoms with E-state index in [1.807, 2.05) is 37.3 Å². The van der Waals surface area contributed by atoms with Gasteiger partial charge >= 0.3 is 5.97 Å². The lowest BCUT2D eigenvalue weighted by atomic mass is 10.1. The number of amides is 1. The van der Waals surface area contributed by atoms with Crippen LogP contribution in [0.25, 0.3) is 0 Å². The first-order valence-corrected chi connectivity index (χ1v) is 7.34. The Balaban J connectivity index is 1.67. The molecule has 1 unspecified atom stereocenters. The molecule has 1 heterocycles. The number of aromatic carboxylic acids is 1. The van der Waals surface area contributed by atoms with Gasteiger partial charge < -0.3 is 19.6 Å². The second-order valence-electron chi connectivity index (χ2n) is 5.04. The highest BCUT2D eigenvalue weighted by atomic mass is 16.5. The Kier molecular flexibility index (Phi) is 5.94. The number of nitrogens with one attached hydrogen (secondary N) is 1. The number of rotatable bonds is 8. The van der Waals surface area contributed by atoms with Gasteiger partial charge in [-0.2, -0.15) is 0 Å². The van der Waals surface area contributed by atoms with Crippen molar-refractivity contribution in [2.75, 3.05) is 13.2 Å². The summed E-state index contributed by atoms with van der Waals surface area (Å²) < 4.78 is 10.6. The van der Waals surface area contributed by atoms with E-state index in [1.165, 1.54) is 6.07 Å². The van der Waals surface area contributed by atoms with Crippen molar-refractivity contribution in [1.29, 1.82) is 0 Å². The highest BCUT2D eigenvalue weighted by molar-refractivity contribution is 5.95. The van der Waals surface area contributed by atoms with Gasteiger partial charge in [-0.1, -0.05) is 30.3 Å². The Morgan fingerprint density at radius 3 is 2.70 bits per heavy atom. The van der Waals surface area contributed by atoms with Gasteiger partial charge in [-0.25, -0.2) is 4.79 Å². The van der Waals surface area contributed by atoms with Crippen LogP contribution in [0, 0.1) is 0 Å². The third-order valence-electron chi connectivity index (χ3n) is 3.31. The number of carbonyl (C=O) groups excluding carboxylic acids is 1. The molecule has 0 spiro atoms. The fourth-order valence-corrected chi connectivity index (χ4v) is 2.01. The van der Waals surface area contributed by atoms with Crippen molar-refractivity contribution in [1.82, 2.24) is 5.32 Å². The van der Waals surface area contributed by atoms with E-state index in [2.05, 4.69) is 5.32 Å². The molecule has 1 atom stereocenters. The van der Waals surface area contributed by atoms with Gasteiger partial charge in [-0.05, 0) is 18.9 Å². The molecular weight excluding hydrogens is 298 g/mol. The fourth-order valence-electron chi connectivity index (χ4n) is 2.01. The van der Waals surface area contributed by atoms with Crippen LogP contribution in [0.15, 0.2) is 47.1 Å². The SMILES string of the molecule is CC(OCCCNC(=O)c1cc(C(=O)O)co1)c1ccccc1. The molecule has 2 N–H and O–H groups in total. The van der Waals surface area contributed by atoms with Crippen molar-refractivity contribution in [3.05, 3.63) is 59.5 Å². The number of carboxylic acids is 1. The molecule has 1 aromatic heterocycles. The molecule has 0 saturated carbocycles. The van der Waals surface area contributed by atoms with E-state index in [9.17, 15) is 9.59 Å². The van der Waals surface area contributed by atoms with E-state index < -0.39 is 11.9 Å².